The molecule has 8 heteroatoms. The molecule has 0 unspecified atom stereocenters. The standard InChI is InChI=1S/C17H15Cl2N3O3/c1-10-5-6-12(19)8-14(10)22-15(23)9-20-16(24)17(25)21-13-4-2-3-11(18)7-13/h2-8H,9H2,1H3,(H,20,24)(H,21,25)(H,22,23). The van der Waals surface area contributed by atoms with Crippen molar-refractivity contribution in [3.05, 3.63) is 58.1 Å². The van der Waals surface area contributed by atoms with E-state index in [-0.39, 0.29) is 6.54 Å². The molecule has 0 radical (unpaired) electrons. The zero-order chi connectivity index (χ0) is 18.4. The Bertz CT molecular complexity index is 825. The van der Waals surface area contributed by atoms with Crippen LogP contribution in [0.15, 0.2) is 42.5 Å². The smallest absolute Gasteiger partial charge is 0.313 e. The molecule has 0 aliphatic rings. The number of carbonyl (C=O) groups is 3. The number of anilines is 2. The van der Waals surface area contributed by atoms with Crippen LogP contribution in [0.5, 0.6) is 0 Å². The maximum Gasteiger partial charge on any atom is 0.313 e. The number of hydrogen-bond acceptors (Lipinski definition) is 3. The Kier molecular flexibility index (Phi) is 6.38. The van der Waals surface area contributed by atoms with E-state index in [1.807, 2.05) is 6.92 Å². The van der Waals surface area contributed by atoms with E-state index in [2.05, 4.69) is 16.0 Å². The Morgan fingerprint density at radius 1 is 0.920 bits per heavy atom. The number of rotatable bonds is 4. The Morgan fingerprint density at radius 3 is 2.36 bits per heavy atom. The summed E-state index contributed by atoms with van der Waals surface area (Å²) in [6, 6.07) is 11.4. The Hall–Kier alpha value is -2.57. The van der Waals surface area contributed by atoms with E-state index in [0.717, 1.165) is 5.56 Å². The minimum atomic E-state index is -0.932. The van der Waals surface area contributed by atoms with E-state index < -0.39 is 17.7 Å². The normalized spacial score (nSPS) is 10.0. The summed E-state index contributed by atoms with van der Waals surface area (Å²) in [5.41, 5.74) is 1.74. The van der Waals surface area contributed by atoms with Gasteiger partial charge in [0, 0.05) is 21.4 Å². The average molecular weight is 380 g/mol. The van der Waals surface area contributed by atoms with E-state index in [4.69, 9.17) is 23.2 Å². The molecule has 25 heavy (non-hydrogen) atoms. The van der Waals surface area contributed by atoms with Crippen molar-refractivity contribution in [1.29, 1.82) is 0 Å². The molecule has 3 amide bonds. The van der Waals surface area contributed by atoms with Crippen LogP contribution in [0.25, 0.3) is 0 Å². The highest BCUT2D eigenvalue weighted by Gasteiger charge is 2.15. The van der Waals surface area contributed by atoms with Gasteiger partial charge in [0.05, 0.1) is 6.54 Å². The zero-order valence-corrected chi connectivity index (χ0v) is 14.7. The minimum absolute atomic E-state index is 0.353. The third kappa shape index (κ3) is 5.77. The Labute approximate surface area is 154 Å². The molecule has 0 aliphatic heterocycles. The molecule has 2 aromatic carbocycles. The van der Waals surface area contributed by atoms with Crippen LogP contribution in [0.4, 0.5) is 11.4 Å². The maximum atomic E-state index is 11.9. The quantitative estimate of drug-likeness (QED) is 0.713. The number of nitrogens with one attached hydrogen (secondary N) is 3. The molecule has 0 aliphatic carbocycles. The van der Waals surface area contributed by atoms with Gasteiger partial charge >= 0.3 is 11.8 Å². The van der Waals surface area contributed by atoms with Gasteiger partial charge in [0.15, 0.2) is 0 Å². The summed E-state index contributed by atoms with van der Waals surface area (Å²) in [6.07, 6.45) is 0. The lowest BCUT2D eigenvalue weighted by Gasteiger charge is -2.10. The number of aryl methyl sites for hydroxylation is 1. The van der Waals surface area contributed by atoms with Crippen LogP contribution in [0.2, 0.25) is 10.0 Å². The van der Waals surface area contributed by atoms with Crippen LogP contribution in [-0.2, 0) is 14.4 Å². The lowest BCUT2D eigenvalue weighted by atomic mass is 10.2. The topological polar surface area (TPSA) is 87.3 Å². The summed E-state index contributed by atoms with van der Waals surface area (Å²) in [7, 11) is 0. The van der Waals surface area contributed by atoms with Crippen LogP contribution < -0.4 is 16.0 Å². The first-order chi connectivity index (χ1) is 11.8. The lowest BCUT2D eigenvalue weighted by molar-refractivity contribution is -0.136. The summed E-state index contributed by atoms with van der Waals surface area (Å²) >= 11 is 11.7. The van der Waals surface area contributed by atoms with Crippen LogP contribution >= 0.6 is 23.2 Å². The second kappa shape index (κ2) is 8.50. The van der Waals surface area contributed by atoms with Gasteiger partial charge < -0.3 is 16.0 Å². The number of benzene rings is 2. The average Bonchev–Trinajstić information content (AvgIpc) is 2.56. The van der Waals surface area contributed by atoms with Gasteiger partial charge in [-0.2, -0.15) is 0 Å². The molecule has 0 aromatic heterocycles. The molecular weight excluding hydrogens is 365 g/mol. The highest BCUT2D eigenvalue weighted by molar-refractivity contribution is 6.40. The molecule has 6 nitrogen and oxygen atoms in total. The molecule has 0 saturated heterocycles. The second-order valence-electron chi connectivity index (χ2n) is 5.15. The monoisotopic (exact) mass is 379 g/mol. The summed E-state index contributed by atoms with van der Waals surface area (Å²) < 4.78 is 0. The van der Waals surface area contributed by atoms with E-state index >= 15 is 0 Å². The number of amides is 3. The predicted octanol–water partition coefficient (Wildman–Crippen LogP) is 3.00. The number of halogens is 2. The Balaban J connectivity index is 1.85. The van der Waals surface area contributed by atoms with Crippen LogP contribution in [-0.4, -0.2) is 24.3 Å². The first kappa shape index (κ1) is 18.8. The van der Waals surface area contributed by atoms with Crippen LogP contribution in [0.1, 0.15) is 5.56 Å². The lowest BCUT2D eigenvalue weighted by Crippen LogP contribution is -2.39. The van der Waals surface area contributed by atoms with E-state index in [1.54, 1.807) is 36.4 Å². The first-order valence-corrected chi connectivity index (χ1v) is 8.01. The van der Waals surface area contributed by atoms with Crippen LogP contribution in [0, 0.1) is 6.92 Å². The fourth-order valence-corrected chi connectivity index (χ4v) is 2.28. The van der Waals surface area contributed by atoms with Gasteiger partial charge in [-0.15, -0.1) is 0 Å². The maximum absolute atomic E-state index is 11.9. The van der Waals surface area contributed by atoms with E-state index in [1.165, 1.54) is 6.07 Å². The van der Waals surface area contributed by atoms with Crippen molar-refractivity contribution in [2.75, 3.05) is 17.2 Å². The fraction of sp³-hybridized carbons (Fsp3) is 0.118. The fourth-order valence-electron chi connectivity index (χ4n) is 1.92. The minimum Gasteiger partial charge on any atom is -0.339 e. The molecular formula is C17H15Cl2N3O3. The van der Waals surface area contributed by atoms with Crippen molar-refractivity contribution in [3.63, 3.8) is 0 Å². The third-order valence-corrected chi connectivity index (χ3v) is 3.64. The molecule has 130 valence electrons. The predicted molar refractivity (Wildman–Crippen MR) is 97.9 cm³/mol. The molecule has 3 N–H and O–H groups in total. The molecule has 2 rings (SSSR count). The van der Waals surface area contributed by atoms with E-state index in [9.17, 15) is 14.4 Å². The highest BCUT2D eigenvalue weighted by atomic mass is 35.5. The highest BCUT2D eigenvalue weighted by Crippen LogP contribution is 2.19. The molecule has 0 atom stereocenters. The summed E-state index contributed by atoms with van der Waals surface area (Å²) in [6.45, 7) is 1.46. The van der Waals surface area contributed by atoms with Crippen LogP contribution in [0.3, 0.4) is 0 Å². The molecule has 0 saturated carbocycles. The second-order valence-corrected chi connectivity index (χ2v) is 6.03. The molecule has 2 aromatic rings. The van der Waals surface area contributed by atoms with Gasteiger partial charge in [-0.25, -0.2) is 0 Å². The van der Waals surface area contributed by atoms with Gasteiger partial charge in [-0.1, -0.05) is 35.3 Å². The van der Waals surface area contributed by atoms with Crippen molar-refractivity contribution < 1.29 is 14.4 Å². The van der Waals surface area contributed by atoms with Crippen molar-refractivity contribution in [2.24, 2.45) is 0 Å². The molecule has 0 heterocycles. The zero-order valence-electron chi connectivity index (χ0n) is 13.2. The molecule has 0 fully saturated rings. The van der Waals surface area contributed by atoms with Gasteiger partial charge in [0.2, 0.25) is 5.91 Å². The third-order valence-electron chi connectivity index (χ3n) is 3.17. The van der Waals surface area contributed by atoms with Gasteiger partial charge in [0.25, 0.3) is 0 Å². The van der Waals surface area contributed by atoms with Gasteiger partial charge in [-0.3, -0.25) is 14.4 Å². The van der Waals surface area contributed by atoms with Crippen molar-refractivity contribution in [2.45, 2.75) is 6.92 Å². The summed E-state index contributed by atoms with van der Waals surface area (Å²) in [5, 5.41) is 8.15. The van der Waals surface area contributed by atoms with Crippen molar-refractivity contribution >= 4 is 52.3 Å². The van der Waals surface area contributed by atoms with Crippen molar-refractivity contribution in [1.82, 2.24) is 5.32 Å². The van der Waals surface area contributed by atoms with Gasteiger partial charge in [-0.05, 0) is 42.8 Å². The number of hydrogen-bond donors (Lipinski definition) is 3. The van der Waals surface area contributed by atoms with E-state index in [0.29, 0.717) is 21.4 Å². The summed E-state index contributed by atoms with van der Waals surface area (Å²) in [4.78, 5) is 35.4. The summed E-state index contributed by atoms with van der Waals surface area (Å²) in [5.74, 6) is -2.30. The van der Waals surface area contributed by atoms with Crippen molar-refractivity contribution in [3.8, 4) is 0 Å². The molecule has 0 spiro atoms. The number of carbonyl (C=O) groups excluding carboxylic acids is 3. The largest absolute Gasteiger partial charge is 0.339 e. The SMILES string of the molecule is Cc1ccc(Cl)cc1NC(=O)CNC(=O)C(=O)Nc1cccc(Cl)c1. The Morgan fingerprint density at radius 2 is 1.64 bits per heavy atom. The van der Waals surface area contributed by atoms with Gasteiger partial charge in [0.1, 0.15) is 0 Å². The first-order valence-electron chi connectivity index (χ1n) is 7.26. The molecule has 0 bridgehead atoms.